The second-order valence-corrected chi connectivity index (χ2v) is 32.4. The van der Waals surface area contributed by atoms with Gasteiger partial charge in [0, 0.05) is 99.8 Å². The van der Waals surface area contributed by atoms with Crippen molar-refractivity contribution in [3.63, 3.8) is 0 Å². The van der Waals surface area contributed by atoms with Crippen molar-refractivity contribution in [2.75, 3.05) is 145 Å². The molecule has 6 aliphatic rings. The Kier molecular flexibility index (Phi) is 46.3. The van der Waals surface area contributed by atoms with Crippen LogP contribution in [0.3, 0.4) is 0 Å². The maximum absolute atomic E-state index is 12.6. The molecule has 6 aromatic rings. The van der Waals surface area contributed by atoms with Crippen LogP contribution in [0.2, 0.25) is 0 Å². The zero-order chi connectivity index (χ0) is 101. The van der Waals surface area contributed by atoms with Crippen LogP contribution >= 0.6 is 0 Å². The van der Waals surface area contributed by atoms with Crippen LogP contribution in [0.15, 0.2) is 181 Å². The quantitative estimate of drug-likeness (QED) is 0.0196. The van der Waals surface area contributed by atoms with Crippen LogP contribution in [-0.2, 0) is 67.3 Å². The number of nitrogens with two attached hydrogens (primary N) is 2. The van der Waals surface area contributed by atoms with Crippen LogP contribution in [0.5, 0.6) is 34.5 Å². The molecule has 138 heavy (non-hydrogen) atoms. The van der Waals surface area contributed by atoms with E-state index in [1.165, 1.54) is 19.6 Å². The number of fused-ring (bicyclic) bond motifs is 6. The summed E-state index contributed by atoms with van der Waals surface area (Å²) < 4.78 is 109. The Hall–Kier alpha value is -14.2. The van der Waals surface area contributed by atoms with Gasteiger partial charge in [-0.1, -0.05) is 41.5 Å². The van der Waals surface area contributed by atoms with Crippen molar-refractivity contribution in [1.82, 2.24) is 50.7 Å². The number of likely N-dealkylation sites (N-methyl/N-ethyl adjacent to an activating group) is 4. The van der Waals surface area contributed by atoms with E-state index in [-0.39, 0.29) is 138 Å². The van der Waals surface area contributed by atoms with Crippen LogP contribution in [-0.4, -0.2) is 246 Å². The molecule has 0 fully saturated rings. The molecule has 0 aromatic heterocycles. The van der Waals surface area contributed by atoms with Gasteiger partial charge in [-0.2, -0.15) is 0 Å². The van der Waals surface area contributed by atoms with Crippen molar-refractivity contribution < 1.29 is 112 Å². The molecular formula is C102H126F6N12O18. The Bertz CT molecular complexity index is 5140. The zero-order valence-electron chi connectivity index (χ0n) is 79.9. The van der Waals surface area contributed by atoms with Crippen molar-refractivity contribution >= 4 is 70.9 Å². The van der Waals surface area contributed by atoms with E-state index in [0.29, 0.717) is 269 Å². The van der Waals surface area contributed by atoms with E-state index < -0.39 is 11.8 Å². The fraction of sp³-hybridized carbons (Fsp3) is 0.412. The van der Waals surface area contributed by atoms with Gasteiger partial charge in [-0.05, 0) is 267 Å². The van der Waals surface area contributed by atoms with Gasteiger partial charge in [-0.25, -0.2) is 26.3 Å². The highest BCUT2D eigenvalue weighted by molar-refractivity contribution is 6.03. The minimum absolute atomic E-state index is 0.0637. The minimum atomic E-state index is -0.526. The molecule has 36 heteroatoms. The topological polar surface area (TPSA) is 380 Å². The molecule has 744 valence electrons. The molecule has 12 amide bonds. The van der Waals surface area contributed by atoms with Gasteiger partial charge in [0.1, 0.15) is 74.1 Å². The van der Waals surface area contributed by atoms with Gasteiger partial charge in [-0.15, -0.1) is 0 Å². The molecule has 0 saturated carbocycles. The number of ether oxygens (including phenoxy) is 6. The molecule has 0 bridgehead atoms. The van der Waals surface area contributed by atoms with Crippen LogP contribution in [0.4, 0.5) is 26.3 Å². The zero-order valence-corrected chi connectivity index (χ0v) is 79.9. The molecule has 0 saturated heterocycles. The van der Waals surface area contributed by atoms with Gasteiger partial charge in [0.05, 0.1) is 77.2 Å². The fourth-order valence-electron chi connectivity index (χ4n) is 14.6. The molecule has 0 atom stereocenters. The van der Waals surface area contributed by atoms with Crippen molar-refractivity contribution in [1.29, 1.82) is 0 Å². The number of amides is 12. The fourth-order valence-corrected chi connectivity index (χ4v) is 14.6. The van der Waals surface area contributed by atoms with Crippen molar-refractivity contribution in [2.24, 2.45) is 11.5 Å². The second kappa shape index (κ2) is 57.6. The summed E-state index contributed by atoms with van der Waals surface area (Å²) in [7, 11) is 3.09. The van der Waals surface area contributed by atoms with Gasteiger partial charge in [0.25, 0.3) is 35.4 Å². The maximum Gasteiger partial charge on any atom is 0.254 e. The number of rotatable bonds is 38. The number of hydrogen-bond acceptors (Lipinski definition) is 18. The number of carbonyl (C=O) groups excluding carboxylic acids is 12. The highest BCUT2D eigenvalue weighted by atomic mass is 19.1. The summed E-state index contributed by atoms with van der Waals surface area (Å²) >= 11 is 0. The third-order valence-corrected chi connectivity index (χ3v) is 23.0. The molecule has 8 N–H and O–H groups in total. The number of halogens is 6. The SMILES string of the molecule is CC/C(=C/F)COc1ccc2c(c1)CCN(CC(=O)NC)C2=O.CC/C(=C/F)COc1ccc2c(c1)CCN(CC(N)=O)C2=O.CC/C(=C\F)COc1ccc2c(c1)CCN(CC(=O)NC)C2=O.CC/C(=C\F)COc1ccc2c(c1)CCN(CC(N)=O)C2=O.CCNC(=O)CN1CCc2cc(OC/C(=C/F)CC)ccc2C1=O.CCNC(=O)CN1CCc2cc(OC/C(=C\F)CC)ccc2C1=O. The molecule has 0 unspecified atom stereocenters. The first-order valence-electron chi connectivity index (χ1n) is 45.9. The van der Waals surface area contributed by atoms with Gasteiger partial charge in [0.2, 0.25) is 35.4 Å². The van der Waals surface area contributed by atoms with Crippen molar-refractivity contribution in [3.8, 4) is 34.5 Å². The largest absolute Gasteiger partial charge is 0.489 e. The van der Waals surface area contributed by atoms with E-state index in [4.69, 9.17) is 39.9 Å². The third kappa shape index (κ3) is 33.6. The minimum Gasteiger partial charge on any atom is -0.489 e. The summed E-state index contributed by atoms with van der Waals surface area (Å²) in [4.78, 5) is 151. The highest BCUT2D eigenvalue weighted by Gasteiger charge is 2.33. The Balaban J connectivity index is 0.000000225. The van der Waals surface area contributed by atoms with Gasteiger partial charge >= 0.3 is 0 Å². The predicted octanol–water partition coefficient (Wildman–Crippen LogP) is 12.7. The molecule has 6 aromatic carbocycles. The first-order valence-corrected chi connectivity index (χ1v) is 45.9. The van der Waals surface area contributed by atoms with Crippen LogP contribution in [0.25, 0.3) is 0 Å². The number of benzene rings is 6. The average Bonchev–Trinajstić information content (AvgIpc) is 0.819. The Labute approximate surface area is 801 Å². The van der Waals surface area contributed by atoms with E-state index in [2.05, 4.69) is 21.3 Å². The number of hydrogen-bond donors (Lipinski definition) is 6. The Morgan fingerprint density at radius 3 is 0.594 bits per heavy atom. The smallest absolute Gasteiger partial charge is 0.254 e. The van der Waals surface area contributed by atoms with Crippen molar-refractivity contribution in [3.05, 3.63) is 247 Å². The molecule has 0 spiro atoms. The number of nitrogens with one attached hydrogen (secondary N) is 4. The second-order valence-electron chi connectivity index (χ2n) is 32.4. The number of primary amides is 2. The van der Waals surface area contributed by atoms with Crippen LogP contribution < -0.4 is 61.2 Å². The van der Waals surface area contributed by atoms with E-state index in [1.54, 1.807) is 109 Å². The van der Waals surface area contributed by atoms with E-state index in [9.17, 15) is 83.9 Å². The normalized spacial score (nSPS) is 14.5. The summed E-state index contributed by atoms with van der Waals surface area (Å²) in [5.41, 5.74) is 22.5. The van der Waals surface area contributed by atoms with E-state index >= 15 is 0 Å². The summed E-state index contributed by atoms with van der Waals surface area (Å²) in [5, 5.41) is 10.4. The summed E-state index contributed by atoms with van der Waals surface area (Å²) in [5.74, 6) is 0.921. The summed E-state index contributed by atoms with van der Waals surface area (Å²) in [6.07, 6.45) is 10.8. The standard InChI is InChI=1S/2C18H23FN2O3.2C17H21FN2O3.2C16H19FN2O3/c2*1-3-13(10-19)12-24-15-5-6-16-14(9-15)7-8-21(18(16)23)11-17(22)20-4-2;2*1-3-12(9-18)11-23-14-4-5-15-13(8-14)6-7-20(17(15)22)10-16(21)19-2;2*1-2-11(8-17)10-22-13-3-4-14-12(7-13)5-6-19(16(14)21)9-15(18)20/h2*5-6,9-10H,3-4,7-8,11-12H2,1-2H3,(H,20,22);2*4-5,8-9H,3,6-7,10-11H2,1-2H3,(H,19,21);2*3-4,7-8H,2,5-6,9-10H2,1H3,(H2,18,20)/b13-10+;13-10-;12-9+;12-9-;11-8+;11-8-. The van der Waals surface area contributed by atoms with E-state index in [1.807, 2.05) is 79.7 Å². The molecule has 6 aliphatic heterocycles. The maximum atomic E-state index is 12.6. The Morgan fingerprint density at radius 1 is 0.283 bits per heavy atom. The monoisotopic (exact) mass is 1920 g/mol. The van der Waals surface area contributed by atoms with Gasteiger partial charge in [0.15, 0.2) is 0 Å². The lowest BCUT2D eigenvalue weighted by molar-refractivity contribution is -0.122. The summed E-state index contributed by atoms with van der Waals surface area (Å²) in [6.45, 7) is 20.1. The lowest BCUT2D eigenvalue weighted by Gasteiger charge is -2.28. The third-order valence-electron chi connectivity index (χ3n) is 23.0. The van der Waals surface area contributed by atoms with Crippen LogP contribution in [0.1, 0.15) is 189 Å². The summed E-state index contributed by atoms with van der Waals surface area (Å²) in [6, 6.07) is 31.2. The molecule has 6 heterocycles. The van der Waals surface area contributed by atoms with Gasteiger partial charge in [-0.3, -0.25) is 57.5 Å². The lowest BCUT2D eigenvalue weighted by Crippen LogP contribution is -2.44. The average molecular weight is 1920 g/mol. The van der Waals surface area contributed by atoms with Crippen LogP contribution in [0, 0.1) is 0 Å². The molecule has 30 nitrogen and oxygen atoms in total. The number of nitrogens with zero attached hydrogens (tertiary/aromatic N) is 6. The first kappa shape index (κ1) is 111. The molecular weight excluding hydrogens is 1800 g/mol. The molecule has 0 aliphatic carbocycles. The van der Waals surface area contributed by atoms with Crippen molar-refractivity contribution in [2.45, 2.75) is 132 Å². The van der Waals surface area contributed by atoms with E-state index in [0.717, 1.165) is 33.4 Å². The van der Waals surface area contributed by atoms with Gasteiger partial charge < -0.3 is 90.6 Å². The number of carbonyl (C=O) groups is 12. The molecule has 0 radical (unpaired) electrons. The lowest BCUT2D eigenvalue weighted by atomic mass is 9.98. The molecule has 12 rings (SSSR count). The Morgan fingerprint density at radius 2 is 0.449 bits per heavy atom. The highest BCUT2D eigenvalue weighted by Crippen LogP contribution is 2.32. The first-order chi connectivity index (χ1) is 66.4. The predicted molar refractivity (Wildman–Crippen MR) is 510 cm³/mol.